The van der Waals surface area contributed by atoms with E-state index in [1.54, 1.807) is 48.5 Å². The predicted molar refractivity (Wildman–Crippen MR) is 166 cm³/mol. The second kappa shape index (κ2) is 12.0. The van der Waals surface area contributed by atoms with E-state index in [4.69, 9.17) is 19.2 Å². The van der Waals surface area contributed by atoms with E-state index in [2.05, 4.69) is 0 Å². The number of carbonyl (C=O) groups is 2. The maximum Gasteiger partial charge on any atom is 0.301 e. The molecule has 1 aliphatic heterocycles. The molecule has 1 saturated heterocycles. The number of hydrogen-bond donors (Lipinski definition) is 1. The minimum atomic E-state index is -0.960. The summed E-state index contributed by atoms with van der Waals surface area (Å²) in [6.07, 6.45) is 0. The fraction of sp³-hybridized carbons (Fsp3) is 0.147. The van der Waals surface area contributed by atoms with E-state index < -0.39 is 17.7 Å². The van der Waals surface area contributed by atoms with Crippen molar-refractivity contribution in [3.63, 3.8) is 0 Å². The van der Waals surface area contributed by atoms with Crippen molar-refractivity contribution in [2.24, 2.45) is 0 Å². The molecule has 4 aromatic carbocycles. The Bertz CT molecular complexity index is 1830. The van der Waals surface area contributed by atoms with E-state index >= 15 is 0 Å². The maximum atomic E-state index is 13.7. The summed E-state index contributed by atoms with van der Waals surface area (Å²) in [5.41, 5.74) is 1.58. The number of para-hydroxylation sites is 1. The molecule has 5 aromatic rings. The number of carbonyl (C=O) groups excluding carboxylic acids is 2. The van der Waals surface area contributed by atoms with Crippen LogP contribution >= 0.6 is 11.3 Å². The average Bonchev–Trinajstić information content (AvgIpc) is 3.55. The highest BCUT2D eigenvalue weighted by atomic mass is 32.1. The lowest BCUT2D eigenvalue weighted by Gasteiger charge is -2.23. The minimum Gasteiger partial charge on any atom is -0.507 e. The molecule has 0 aliphatic carbocycles. The first kappa shape index (κ1) is 28.0. The molecule has 43 heavy (non-hydrogen) atoms. The predicted octanol–water partition coefficient (Wildman–Crippen LogP) is 7.51. The van der Waals surface area contributed by atoms with Crippen LogP contribution in [-0.2, 0) is 9.59 Å². The number of fused-ring (bicyclic) bond motifs is 1. The van der Waals surface area contributed by atoms with Gasteiger partial charge in [-0.1, -0.05) is 41.7 Å². The van der Waals surface area contributed by atoms with Crippen LogP contribution in [0.3, 0.4) is 0 Å². The van der Waals surface area contributed by atoms with Gasteiger partial charge in [0.2, 0.25) is 0 Å². The molecule has 6 rings (SSSR count). The van der Waals surface area contributed by atoms with E-state index in [-0.39, 0.29) is 11.3 Å². The normalized spacial score (nSPS) is 16.0. The van der Waals surface area contributed by atoms with Gasteiger partial charge >= 0.3 is 5.91 Å². The molecule has 0 saturated carbocycles. The third-order valence-electron chi connectivity index (χ3n) is 6.90. The molecule has 216 valence electrons. The van der Waals surface area contributed by atoms with Crippen molar-refractivity contribution < 1.29 is 28.9 Å². The van der Waals surface area contributed by atoms with Crippen molar-refractivity contribution in [3.05, 3.63) is 114 Å². The van der Waals surface area contributed by atoms with Crippen LogP contribution in [0.4, 0.5) is 5.13 Å². The van der Waals surface area contributed by atoms with Crippen LogP contribution in [-0.4, -0.2) is 35.0 Å². The fourth-order valence-electron chi connectivity index (χ4n) is 5.00. The summed E-state index contributed by atoms with van der Waals surface area (Å²) in [6, 6.07) is 27.7. The molecule has 1 unspecified atom stereocenters. The molecule has 1 aliphatic rings. The number of ether oxygens (including phenoxy) is 3. The van der Waals surface area contributed by atoms with Gasteiger partial charge in [0.15, 0.2) is 5.13 Å². The molecule has 9 heteroatoms. The van der Waals surface area contributed by atoms with Crippen LogP contribution in [0, 0.1) is 0 Å². The van der Waals surface area contributed by atoms with Gasteiger partial charge in [-0.05, 0) is 86.1 Å². The van der Waals surface area contributed by atoms with Gasteiger partial charge in [-0.2, -0.15) is 0 Å². The van der Waals surface area contributed by atoms with Crippen molar-refractivity contribution in [2.45, 2.75) is 19.9 Å². The van der Waals surface area contributed by atoms with Gasteiger partial charge in [0.25, 0.3) is 5.78 Å². The third kappa shape index (κ3) is 5.54. The SMILES string of the molecule is CCOc1ccc(/C(O)=C2\C(=O)C(=O)N(c3nc4ccc(OCC)cc4s3)C2c2cccc(Oc3ccccc3)c2)cc1. The van der Waals surface area contributed by atoms with Gasteiger partial charge in [-0.25, -0.2) is 4.98 Å². The number of benzene rings is 4. The summed E-state index contributed by atoms with van der Waals surface area (Å²) >= 11 is 1.27. The monoisotopic (exact) mass is 592 g/mol. The maximum absolute atomic E-state index is 13.7. The summed E-state index contributed by atoms with van der Waals surface area (Å²) in [5, 5.41) is 11.9. The number of aliphatic hydroxyl groups excluding tert-OH is 1. The lowest BCUT2D eigenvalue weighted by Crippen LogP contribution is -2.29. The Morgan fingerprint density at radius 2 is 1.51 bits per heavy atom. The highest BCUT2D eigenvalue weighted by molar-refractivity contribution is 7.22. The van der Waals surface area contributed by atoms with Crippen LogP contribution in [0.1, 0.15) is 31.0 Å². The van der Waals surface area contributed by atoms with Crippen molar-refractivity contribution >= 4 is 44.1 Å². The number of amides is 1. The standard InChI is InChI=1S/C34H28N2O6S/c1-3-40-23-15-13-21(14-16-23)31(37)29-30(22-9-8-12-26(19-22)42-24-10-6-5-7-11-24)36(33(39)32(29)38)34-35-27-18-17-25(41-4-2)20-28(27)43-34/h5-20,30,37H,3-4H2,1-2H3/b31-29+. The Hall–Kier alpha value is -5.15. The first-order valence-corrected chi connectivity index (χ1v) is 14.7. The van der Waals surface area contributed by atoms with Crippen LogP contribution < -0.4 is 19.1 Å². The molecule has 2 heterocycles. The van der Waals surface area contributed by atoms with E-state index in [9.17, 15) is 14.7 Å². The number of aromatic nitrogens is 1. The zero-order chi connectivity index (χ0) is 29.9. The quantitative estimate of drug-likeness (QED) is 0.107. The topological polar surface area (TPSA) is 98.2 Å². The molecule has 0 radical (unpaired) electrons. The molecule has 1 atom stereocenters. The second-order valence-corrected chi connectivity index (χ2v) is 10.7. The largest absolute Gasteiger partial charge is 0.507 e. The lowest BCUT2D eigenvalue weighted by atomic mass is 9.95. The molecule has 1 amide bonds. The summed E-state index contributed by atoms with van der Waals surface area (Å²) in [6.45, 7) is 4.79. The zero-order valence-corrected chi connectivity index (χ0v) is 24.3. The number of aliphatic hydroxyl groups is 1. The van der Waals surface area contributed by atoms with Gasteiger partial charge in [0, 0.05) is 5.56 Å². The van der Waals surface area contributed by atoms with Crippen molar-refractivity contribution in [3.8, 4) is 23.0 Å². The van der Waals surface area contributed by atoms with Crippen LogP contribution in [0.2, 0.25) is 0 Å². The van der Waals surface area contributed by atoms with Crippen molar-refractivity contribution in [1.82, 2.24) is 4.98 Å². The van der Waals surface area contributed by atoms with Crippen LogP contribution in [0.25, 0.3) is 16.0 Å². The number of ketones is 1. The van der Waals surface area contributed by atoms with E-state index in [1.165, 1.54) is 16.2 Å². The highest BCUT2D eigenvalue weighted by Gasteiger charge is 2.48. The highest BCUT2D eigenvalue weighted by Crippen LogP contribution is 2.45. The molecule has 0 bridgehead atoms. The number of anilines is 1. The Morgan fingerprint density at radius 3 is 2.26 bits per heavy atom. The number of thiazole rings is 1. The number of Topliss-reactive ketones (excluding diaryl/α,β-unsaturated/α-hetero) is 1. The van der Waals surface area contributed by atoms with Gasteiger partial charge < -0.3 is 19.3 Å². The fourth-order valence-corrected chi connectivity index (χ4v) is 6.02. The van der Waals surface area contributed by atoms with E-state index in [1.807, 2.05) is 62.4 Å². The summed E-state index contributed by atoms with van der Waals surface area (Å²) in [4.78, 5) is 33.5. The lowest BCUT2D eigenvalue weighted by molar-refractivity contribution is -0.132. The van der Waals surface area contributed by atoms with Gasteiger partial charge in [0.05, 0.1) is 35.0 Å². The first-order valence-electron chi connectivity index (χ1n) is 13.9. The number of rotatable bonds is 9. The van der Waals surface area contributed by atoms with E-state index in [0.717, 1.165) is 4.70 Å². The summed E-state index contributed by atoms with van der Waals surface area (Å²) in [5.74, 6) is 0.590. The Morgan fingerprint density at radius 1 is 0.814 bits per heavy atom. The zero-order valence-electron chi connectivity index (χ0n) is 23.5. The number of nitrogens with zero attached hydrogens (tertiary/aromatic N) is 2. The summed E-state index contributed by atoms with van der Waals surface area (Å²) in [7, 11) is 0. The van der Waals surface area contributed by atoms with Gasteiger partial charge in [0.1, 0.15) is 28.8 Å². The first-order chi connectivity index (χ1) is 21.0. The molecule has 8 nitrogen and oxygen atoms in total. The van der Waals surface area contributed by atoms with Crippen molar-refractivity contribution in [2.75, 3.05) is 18.1 Å². The number of hydrogen-bond acceptors (Lipinski definition) is 8. The van der Waals surface area contributed by atoms with E-state index in [0.29, 0.717) is 58.0 Å². The third-order valence-corrected chi connectivity index (χ3v) is 7.92. The van der Waals surface area contributed by atoms with Gasteiger partial charge in [-0.3, -0.25) is 14.5 Å². The Kier molecular flexibility index (Phi) is 7.81. The molecule has 1 fully saturated rings. The average molecular weight is 593 g/mol. The molecule has 1 N–H and O–H groups in total. The molecular weight excluding hydrogens is 564 g/mol. The summed E-state index contributed by atoms with van der Waals surface area (Å²) < 4.78 is 18.0. The molecule has 1 aromatic heterocycles. The van der Waals surface area contributed by atoms with Gasteiger partial charge in [-0.15, -0.1) is 0 Å². The Labute approximate surface area is 252 Å². The van der Waals surface area contributed by atoms with Crippen LogP contribution in [0.5, 0.6) is 23.0 Å². The minimum absolute atomic E-state index is 0.0414. The van der Waals surface area contributed by atoms with Crippen LogP contribution in [0.15, 0.2) is 103 Å². The molecule has 0 spiro atoms. The molecular formula is C34H28N2O6S. The Balaban J connectivity index is 1.48. The second-order valence-electron chi connectivity index (χ2n) is 9.67. The smallest absolute Gasteiger partial charge is 0.301 e. The van der Waals surface area contributed by atoms with Crippen molar-refractivity contribution in [1.29, 1.82) is 0 Å².